The fourth-order valence-electron chi connectivity index (χ4n) is 0.0995. The molecule has 0 rings (SSSR count). The Hall–Kier alpha value is -0.270. The minimum atomic E-state index is -2.34. The van der Waals surface area contributed by atoms with Crippen LogP contribution in [0.3, 0.4) is 0 Å². The Bertz CT molecular complexity index is 83.7. The zero-order valence-electron chi connectivity index (χ0n) is 3.53. The van der Waals surface area contributed by atoms with E-state index in [4.69, 9.17) is 0 Å². The van der Waals surface area contributed by atoms with Crippen LogP contribution < -0.4 is 0 Å². The van der Waals surface area contributed by atoms with E-state index in [0.29, 0.717) is 11.8 Å². The SMILES string of the molecule is C=C=CSC(F)F. The molecule has 0 heterocycles. The molecule has 40 valence electrons. The molecule has 0 saturated heterocycles. The lowest BCUT2D eigenvalue weighted by atomic mass is 11.0. The summed E-state index contributed by atoms with van der Waals surface area (Å²) >= 11 is 0.399. The molecule has 0 amide bonds. The molecule has 0 unspecified atom stereocenters. The molecule has 0 aromatic rings. The van der Waals surface area contributed by atoms with Crippen LogP contribution >= 0.6 is 11.8 Å². The summed E-state index contributed by atoms with van der Waals surface area (Å²) in [5, 5.41) is 1.13. The third kappa shape index (κ3) is 5.73. The van der Waals surface area contributed by atoms with Crippen molar-refractivity contribution in [3.8, 4) is 0 Å². The van der Waals surface area contributed by atoms with Gasteiger partial charge in [0, 0.05) is 5.41 Å². The highest BCUT2D eigenvalue weighted by Gasteiger charge is 1.94. The number of hydrogen-bond acceptors (Lipinski definition) is 1. The van der Waals surface area contributed by atoms with Crippen molar-refractivity contribution in [1.82, 2.24) is 0 Å². The van der Waals surface area contributed by atoms with E-state index in [9.17, 15) is 8.78 Å². The minimum Gasteiger partial charge on any atom is -0.198 e. The summed E-state index contributed by atoms with van der Waals surface area (Å²) < 4.78 is 22.2. The van der Waals surface area contributed by atoms with Crippen LogP contribution in [0.2, 0.25) is 0 Å². The largest absolute Gasteiger partial charge is 0.288 e. The zero-order valence-corrected chi connectivity index (χ0v) is 4.34. The van der Waals surface area contributed by atoms with Gasteiger partial charge < -0.3 is 0 Å². The molecule has 0 aliphatic rings. The van der Waals surface area contributed by atoms with Crippen molar-refractivity contribution in [3.63, 3.8) is 0 Å². The summed E-state index contributed by atoms with van der Waals surface area (Å²) in [5.74, 6) is -2.34. The maximum atomic E-state index is 11.1. The predicted octanol–water partition coefficient (Wildman–Crippen LogP) is 2.24. The predicted molar refractivity (Wildman–Crippen MR) is 27.3 cm³/mol. The second-order valence-electron chi connectivity index (χ2n) is 0.719. The van der Waals surface area contributed by atoms with E-state index in [2.05, 4.69) is 12.3 Å². The van der Waals surface area contributed by atoms with Gasteiger partial charge in [0.05, 0.1) is 0 Å². The molecule has 0 N–H and O–H groups in total. The Morgan fingerprint density at radius 3 is 2.43 bits per heavy atom. The van der Waals surface area contributed by atoms with Crippen LogP contribution in [-0.2, 0) is 0 Å². The van der Waals surface area contributed by atoms with Crippen molar-refractivity contribution in [3.05, 3.63) is 17.7 Å². The third-order valence-electron chi connectivity index (χ3n) is 0.254. The zero-order chi connectivity index (χ0) is 5.70. The molecule has 3 heteroatoms. The normalized spacial score (nSPS) is 8.43. The highest BCUT2D eigenvalue weighted by molar-refractivity contribution is 8.02. The van der Waals surface area contributed by atoms with Gasteiger partial charge in [-0.25, -0.2) is 0 Å². The van der Waals surface area contributed by atoms with Crippen LogP contribution in [-0.4, -0.2) is 5.76 Å². The van der Waals surface area contributed by atoms with Gasteiger partial charge in [0.15, 0.2) is 0 Å². The molecule has 0 radical (unpaired) electrons. The molecule has 0 aliphatic carbocycles. The molecule has 0 fully saturated rings. The van der Waals surface area contributed by atoms with Crippen LogP contribution in [0.5, 0.6) is 0 Å². The maximum Gasteiger partial charge on any atom is 0.288 e. The van der Waals surface area contributed by atoms with Crippen molar-refractivity contribution in [2.75, 3.05) is 0 Å². The summed E-state index contributed by atoms with van der Waals surface area (Å²) in [6.45, 7) is 3.10. The Balaban J connectivity index is 3.13. The highest BCUT2D eigenvalue weighted by Crippen LogP contribution is 2.12. The number of alkyl halides is 2. The number of thioether (sulfide) groups is 1. The molecule has 7 heavy (non-hydrogen) atoms. The standard InChI is InChI=1S/C4H4F2S/c1-2-3-7-4(5)6/h3-4H,1H2. The van der Waals surface area contributed by atoms with Crippen LogP contribution in [0.4, 0.5) is 8.78 Å². The number of hydrogen-bond donors (Lipinski definition) is 0. The molecule has 0 aromatic carbocycles. The van der Waals surface area contributed by atoms with E-state index in [-0.39, 0.29) is 0 Å². The Morgan fingerprint density at radius 1 is 1.71 bits per heavy atom. The van der Waals surface area contributed by atoms with Crippen molar-refractivity contribution >= 4 is 11.8 Å². The van der Waals surface area contributed by atoms with Gasteiger partial charge in [0.25, 0.3) is 5.76 Å². The van der Waals surface area contributed by atoms with Crippen molar-refractivity contribution in [2.45, 2.75) is 5.76 Å². The molecule has 0 bridgehead atoms. The Kier molecular flexibility index (Phi) is 3.75. The van der Waals surface area contributed by atoms with Gasteiger partial charge >= 0.3 is 0 Å². The van der Waals surface area contributed by atoms with Gasteiger partial charge in [0.2, 0.25) is 0 Å². The number of rotatable bonds is 2. The Labute approximate surface area is 44.9 Å². The molecular formula is C4H4F2S. The first-order valence-corrected chi connectivity index (χ1v) is 2.49. The first-order chi connectivity index (χ1) is 3.27. The van der Waals surface area contributed by atoms with E-state index in [1.54, 1.807) is 0 Å². The molecular weight excluding hydrogens is 118 g/mol. The van der Waals surface area contributed by atoms with Crippen LogP contribution in [0.15, 0.2) is 17.7 Å². The summed E-state index contributed by atoms with van der Waals surface area (Å²) in [6, 6.07) is 0. The average Bonchev–Trinajstić information content (AvgIpc) is 1.61. The van der Waals surface area contributed by atoms with Gasteiger partial charge in [0.1, 0.15) is 0 Å². The third-order valence-corrected chi connectivity index (χ3v) is 0.763. The summed E-state index contributed by atoms with van der Waals surface area (Å²) in [7, 11) is 0. The molecule has 0 aliphatic heterocycles. The molecule has 0 atom stereocenters. The fraction of sp³-hybridized carbons (Fsp3) is 0.250. The highest BCUT2D eigenvalue weighted by atomic mass is 32.2. The second kappa shape index (κ2) is 3.90. The maximum absolute atomic E-state index is 11.1. The van der Waals surface area contributed by atoms with Gasteiger partial charge in [-0.3, -0.25) is 0 Å². The fourth-order valence-corrected chi connectivity index (χ4v) is 0.299. The first-order valence-electron chi connectivity index (χ1n) is 1.55. The molecule has 0 spiro atoms. The quantitative estimate of drug-likeness (QED) is 0.506. The van der Waals surface area contributed by atoms with Gasteiger partial charge in [-0.05, 0) is 0 Å². The lowest BCUT2D eigenvalue weighted by Gasteiger charge is -1.83. The Morgan fingerprint density at radius 2 is 2.29 bits per heavy atom. The van der Waals surface area contributed by atoms with Gasteiger partial charge in [-0.1, -0.05) is 18.3 Å². The van der Waals surface area contributed by atoms with E-state index < -0.39 is 5.76 Å². The average molecular weight is 122 g/mol. The smallest absolute Gasteiger partial charge is 0.198 e. The monoisotopic (exact) mass is 122 g/mol. The van der Waals surface area contributed by atoms with Crippen molar-refractivity contribution in [1.29, 1.82) is 0 Å². The molecule has 0 aromatic heterocycles. The summed E-state index contributed by atoms with van der Waals surface area (Å²) in [5.41, 5.74) is 2.21. The lowest BCUT2D eigenvalue weighted by Crippen LogP contribution is -1.72. The summed E-state index contributed by atoms with van der Waals surface area (Å²) in [4.78, 5) is 0. The first kappa shape index (κ1) is 6.73. The number of halogens is 2. The van der Waals surface area contributed by atoms with E-state index >= 15 is 0 Å². The van der Waals surface area contributed by atoms with Gasteiger partial charge in [-0.2, -0.15) is 8.78 Å². The van der Waals surface area contributed by atoms with Crippen LogP contribution in [0.25, 0.3) is 0 Å². The second-order valence-corrected chi connectivity index (χ2v) is 1.58. The van der Waals surface area contributed by atoms with Crippen molar-refractivity contribution in [2.24, 2.45) is 0 Å². The van der Waals surface area contributed by atoms with E-state index in [1.807, 2.05) is 0 Å². The summed E-state index contributed by atoms with van der Waals surface area (Å²) in [6.07, 6.45) is 0. The van der Waals surface area contributed by atoms with Crippen LogP contribution in [0.1, 0.15) is 0 Å². The lowest BCUT2D eigenvalue weighted by molar-refractivity contribution is 0.253. The topological polar surface area (TPSA) is 0 Å². The van der Waals surface area contributed by atoms with E-state index in [0.717, 1.165) is 5.41 Å². The van der Waals surface area contributed by atoms with Crippen LogP contribution in [0, 0.1) is 0 Å². The van der Waals surface area contributed by atoms with Gasteiger partial charge in [-0.15, -0.1) is 5.73 Å². The van der Waals surface area contributed by atoms with E-state index in [1.165, 1.54) is 0 Å². The minimum absolute atomic E-state index is 0.399. The van der Waals surface area contributed by atoms with Crippen molar-refractivity contribution < 1.29 is 8.78 Å². The molecule has 0 nitrogen and oxygen atoms in total. The molecule has 0 saturated carbocycles.